The summed E-state index contributed by atoms with van der Waals surface area (Å²) < 4.78 is 6.05. The average Bonchev–Trinajstić information content (AvgIpc) is 2.37. The van der Waals surface area contributed by atoms with Gasteiger partial charge in [0.2, 0.25) is 0 Å². The Hall–Kier alpha value is -1.46. The molecule has 2 aromatic rings. The highest BCUT2D eigenvalue weighted by atomic mass is 79.9. The number of hydrogen-bond acceptors (Lipinski definition) is 4. The number of aliphatic hydroxyl groups excluding tert-OH is 1. The van der Waals surface area contributed by atoms with Crippen molar-refractivity contribution < 1.29 is 9.84 Å². The predicted molar refractivity (Wildman–Crippen MR) is 72.4 cm³/mol. The van der Waals surface area contributed by atoms with E-state index in [1.54, 1.807) is 7.11 Å². The van der Waals surface area contributed by atoms with Gasteiger partial charge < -0.3 is 9.84 Å². The van der Waals surface area contributed by atoms with E-state index in [2.05, 4.69) is 25.9 Å². The van der Waals surface area contributed by atoms with Gasteiger partial charge in [0, 0.05) is 11.3 Å². The Morgan fingerprint density at radius 3 is 2.67 bits per heavy atom. The molecule has 1 aromatic heterocycles. The van der Waals surface area contributed by atoms with Crippen LogP contribution in [0.5, 0.6) is 5.75 Å². The molecular weight excluding hydrogens is 296 g/mol. The van der Waals surface area contributed by atoms with Gasteiger partial charge in [-0.1, -0.05) is 0 Å². The van der Waals surface area contributed by atoms with Crippen LogP contribution in [0, 0.1) is 6.92 Å². The Morgan fingerprint density at radius 2 is 2.06 bits per heavy atom. The number of rotatable bonds is 3. The van der Waals surface area contributed by atoms with Gasteiger partial charge >= 0.3 is 0 Å². The maximum Gasteiger partial charge on any atom is 0.154 e. The smallest absolute Gasteiger partial charge is 0.154 e. The third-order valence-corrected chi connectivity index (χ3v) is 3.11. The molecule has 0 saturated heterocycles. The van der Waals surface area contributed by atoms with E-state index < -0.39 is 0 Å². The molecule has 0 aliphatic rings. The van der Waals surface area contributed by atoms with Crippen molar-refractivity contribution in [3.8, 4) is 17.0 Å². The number of hydrogen-bond donors (Lipinski definition) is 1. The van der Waals surface area contributed by atoms with E-state index in [0.29, 0.717) is 5.82 Å². The highest BCUT2D eigenvalue weighted by Gasteiger charge is 2.07. The van der Waals surface area contributed by atoms with Gasteiger partial charge in [0.05, 0.1) is 17.3 Å². The molecule has 1 heterocycles. The molecule has 2 rings (SSSR count). The van der Waals surface area contributed by atoms with Crippen LogP contribution in [-0.2, 0) is 6.61 Å². The molecule has 0 spiro atoms. The van der Waals surface area contributed by atoms with Crippen LogP contribution in [0.25, 0.3) is 11.3 Å². The molecule has 94 valence electrons. The highest BCUT2D eigenvalue weighted by Crippen LogP contribution is 2.29. The fourth-order valence-electron chi connectivity index (χ4n) is 1.67. The summed E-state index contributed by atoms with van der Waals surface area (Å²) in [6.07, 6.45) is 0. The first-order valence-electron chi connectivity index (χ1n) is 5.43. The van der Waals surface area contributed by atoms with Gasteiger partial charge in [-0.05, 0) is 47.1 Å². The standard InChI is InChI=1S/C13H13BrN2O2/c1-8-5-11(16-13(7-17)15-8)9-3-4-12(18-2)10(14)6-9/h3-6,17H,7H2,1-2H3. The van der Waals surface area contributed by atoms with Crippen LogP contribution in [0.15, 0.2) is 28.7 Å². The largest absolute Gasteiger partial charge is 0.496 e. The van der Waals surface area contributed by atoms with Crippen molar-refractivity contribution in [2.45, 2.75) is 13.5 Å². The summed E-state index contributed by atoms with van der Waals surface area (Å²) in [5.41, 5.74) is 2.56. The predicted octanol–water partition coefficient (Wildman–Crippen LogP) is 2.72. The molecule has 1 aromatic carbocycles. The Bertz CT molecular complexity index is 573. The second-order valence-electron chi connectivity index (χ2n) is 3.82. The average molecular weight is 309 g/mol. The fourth-order valence-corrected chi connectivity index (χ4v) is 2.21. The third kappa shape index (κ3) is 2.68. The maximum absolute atomic E-state index is 9.12. The zero-order chi connectivity index (χ0) is 13.1. The first kappa shape index (κ1) is 13.0. The van der Waals surface area contributed by atoms with E-state index in [1.165, 1.54) is 0 Å². The third-order valence-electron chi connectivity index (χ3n) is 2.49. The first-order chi connectivity index (χ1) is 8.63. The topological polar surface area (TPSA) is 55.2 Å². The molecule has 0 bridgehead atoms. The Balaban J connectivity index is 2.48. The molecule has 18 heavy (non-hydrogen) atoms. The number of aryl methyl sites for hydroxylation is 1. The molecule has 0 aliphatic carbocycles. The van der Waals surface area contributed by atoms with Crippen LogP contribution in [0.4, 0.5) is 0 Å². The molecule has 0 unspecified atom stereocenters. The SMILES string of the molecule is COc1ccc(-c2cc(C)nc(CO)n2)cc1Br. The molecule has 0 aliphatic heterocycles. The van der Waals surface area contributed by atoms with E-state index in [4.69, 9.17) is 9.84 Å². The van der Waals surface area contributed by atoms with Gasteiger partial charge in [0.25, 0.3) is 0 Å². The monoisotopic (exact) mass is 308 g/mol. The van der Waals surface area contributed by atoms with Gasteiger partial charge in [0.15, 0.2) is 5.82 Å². The summed E-state index contributed by atoms with van der Waals surface area (Å²) in [4.78, 5) is 8.43. The van der Waals surface area contributed by atoms with Crippen LogP contribution in [0.2, 0.25) is 0 Å². The lowest BCUT2D eigenvalue weighted by molar-refractivity contribution is 0.271. The summed E-state index contributed by atoms with van der Waals surface area (Å²) in [5, 5.41) is 9.12. The van der Waals surface area contributed by atoms with E-state index in [9.17, 15) is 0 Å². The van der Waals surface area contributed by atoms with Crippen molar-refractivity contribution in [1.29, 1.82) is 0 Å². The van der Waals surface area contributed by atoms with Crippen molar-refractivity contribution in [2.24, 2.45) is 0 Å². The second kappa shape index (κ2) is 5.46. The van der Waals surface area contributed by atoms with Crippen molar-refractivity contribution in [1.82, 2.24) is 9.97 Å². The molecule has 0 radical (unpaired) electrons. The van der Waals surface area contributed by atoms with Crippen LogP contribution >= 0.6 is 15.9 Å². The summed E-state index contributed by atoms with van der Waals surface area (Å²) in [6.45, 7) is 1.72. The lowest BCUT2D eigenvalue weighted by Crippen LogP contribution is -1.98. The summed E-state index contributed by atoms with van der Waals surface area (Å²) in [5.74, 6) is 1.20. The zero-order valence-corrected chi connectivity index (χ0v) is 11.7. The Labute approximate surface area is 114 Å². The van der Waals surface area contributed by atoms with E-state index in [1.807, 2.05) is 31.2 Å². The molecule has 5 heteroatoms. The van der Waals surface area contributed by atoms with Crippen LogP contribution in [-0.4, -0.2) is 22.2 Å². The number of aromatic nitrogens is 2. The number of methoxy groups -OCH3 is 1. The van der Waals surface area contributed by atoms with E-state index >= 15 is 0 Å². The molecule has 0 fully saturated rings. The van der Waals surface area contributed by atoms with Crippen molar-refractivity contribution in [3.63, 3.8) is 0 Å². The van der Waals surface area contributed by atoms with Crippen molar-refractivity contribution >= 4 is 15.9 Å². The molecule has 0 saturated carbocycles. The summed E-state index contributed by atoms with van der Waals surface area (Å²) >= 11 is 3.44. The van der Waals surface area contributed by atoms with Gasteiger partial charge in [-0.25, -0.2) is 9.97 Å². The zero-order valence-electron chi connectivity index (χ0n) is 10.1. The van der Waals surface area contributed by atoms with Gasteiger partial charge in [-0.3, -0.25) is 0 Å². The quantitative estimate of drug-likeness (QED) is 0.947. The highest BCUT2D eigenvalue weighted by molar-refractivity contribution is 9.10. The molecular formula is C13H13BrN2O2. The molecule has 1 N–H and O–H groups in total. The second-order valence-corrected chi connectivity index (χ2v) is 4.67. The van der Waals surface area contributed by atoms with Crippen molar-refractivity contribution in [3.05, 3.63) is 40.3 Å². The minimum Gasteiger partial charge on any atom is -0.496 e. The number of halogens is 1. The minimum atomic E-state index is -0.161. The van der Waals surface area contributed by atoms with Gasteiger partial charge in [-0.15, -0.1) is 0 Å². The number of ether oxygens (including phenoxy) is 1. The molecule has 0 amide bonds. The van der Waals surface area contributed by atoms with Crippen LogP contribution in [0.1, 0.15) is 11.5 Å². The molecule has 0 atom stereocenters. The minimum absolute atomic E-state index is 0.161. The maximum atomic E-state index is 9.12. The van der Waals surface area contributed by atoms with Crippen LogP contribution in [0.3, 0.4) is 0 Å². The molecule has 4 nitrogen and oxygen atoms in total. The van der Waals surface area contributed by atoms with E-state index in [0.717, 1.165) is 27.2 Å². The number of nitrogens with zero attached hydrogens (tertiary/aromatic N) is 2. The summed E-state index contributed by atoms with van der Waals surface area (Å²) in [7, 11) is 1.62. The normalized spacial score (nSPS) is 10.4. The van der Waals surface area contributed by atoms with Gasteiger partial charge in [-0.2, -0.15) is 0 Å². The Morgan fingerprint density at radius 1 is 1.28 bits per heavy atom. The van der Waals surface area contributed by atoms with Gasteiger partial charge in [0.1, 0.15) is 12.4 Å². The Kier molecular flexibility index (Phi) is 3.93. The number of benzene rings is 1. The fraction of sp³-hybridized carbons (Fsp3) is 0.231. The van der Waals surface area contributed by atoms with E-state index in [-0.39, 0.29) is 6.61 Å². The van der Waals surface area contributed by atoms with Crippen molar-refractivity contribution in [2.75, 3.05) is 7.11 Å². The number of aliphatic hydroxyl groups is 1. The lowest BCUT2D eigenvalue weighted by Gasteiger charge is -2.07. The van der Waals surface area contributed by atoms with Crippen LogP contribution < -0.4 is 4.74 Å². The summed E-state index contributed by atoms with van der Waals surface area (Å²) in [6, 6.07) is 7.61. The lowest BCUT2D eigenvalue weighted by atomic mass is 10.1. The first-order valence-corrected chi connectivity index (χ1v) is 6.22.